The molecule has 0 fully saturated rings. The molecule has 0 spiro atoms. The molecule has 0 amide bonds. The summed E-state index contributed by atoms with van der Waals surface area (Å²) in [7, 11) is 0. The first-order valence-corrected chi connectivity index (χ1v) is 18.0. The third kappa shape index (κ3) is 4.40. The van der Waals surface area contributed by atoms with Crippen molar-refractivity contribution >= 4 is 60.4 Å². The highest BCUT2D eigenvalue weighted by atomic mass is 32.1. The molecular formula is C47H33NOS. The largest absolute Gasteiger partial charge is 0.454 e. The van der Waals surface area contributed by atoms with Gasteiger partial charge in [0.2, 0.25) is 0 Å². The van der Waals surface area contributed by atoms with Crippen LogP contribution < -0.4 is 4.90 Å². The Bertz CT molecular complexity index is 2730. The maximum absolute atomic E-state index is 6.60. The summed E-state index contributed by atoms with van der Waals surface area (Å²) in [5.74, 6) is 0. The van der Waals surface area contributed by atoms with Crippen molar-refractivity contribution in [3.8, 4) is 32.7 Å². The van der Waals surface area contributed by atoms with Gasteiger partial charge in [-0.25, -0.2) is 0 Å². The molecule has 50 heavy (non-hydrogen) atoms. The number of rotatable bonds is 5. The van der Waals surface area contributed by atoms with Crippen molar-refractivity contribution in [3.05, 3.63) is 175 Å². The standard InChI is InChI=1S/C47H33NOS/c1-47(2)40-29-33(24-27-38(40)46-44(47)39-17-7-9-21-43(39)50-46)32-14-10-15-35(28-32)48(34-25-22-31(23-26-34)30-12-4-3-5-13-30)41-19-11-18-37-36-16-6-8-20-42(36)49-45(37)41/h3-29H,1-2H3. The third-order valence-corrected chi connectivity index (χ3v) is 11.7. The predicted molar refractivity (Wildman–Crippen MR) is 212 cm³/mol. The zero-order chi connectivity index (χ0) is 33.4. The summed E-state index contributed by atoms with van der Waals surface area (Å²) in [5, 5.41) is 3.62. The van der Waals surface area contributed by atoms with Crippen molar-refractivity contribution in [2.75, 3.05) is 4.90 Å². The summed E-state index contributed by atoms with van der Waals surface area (Å²) in [6, 6.07) is 59.0. The Morgan fingerprint density at radius 1 is 0.520 bits per heavy atom. The van der Waals surface area contributed by atoms with Crippen LogP contribution in [0.25, 0.3) is 64.7 Å². The molecule has 238 valence electrons. The molecule has 0 unspecified atom stereocenters. The van der Waals surface area contributed by atoms with Crippen molar-refractivity contribution in [2.24, 2.45) is 0 Å². The zero-order valence-electron chi connectivity index (χ0n) is 27.9. The molecule has 0 saturated heterocycles. The topological polar surface area (TPSA) is 16.4 Å². The molecule has 3 heteroatoms. The lowest BCUT2D eigenvalue weighted by Gasteiger charge is -2.26. The Hall–Kier alpha value is -5.90. The van der Waals surface area contributed by atoms with Crippen molar-refractivity contribution in [1.29, 1.82) is 0 Å². The van der Waals surface area contributed by atoms with Crippen LogP contribution in [0.1, 0.15) is 25.0 Å². The van der Waals surface area contributed by atoms with Gasteiger partial charge in [0.25, 0.3) is 0 Å². The molecule has 2 aromatic heterocycles. The zero-order valence-corrected chi connectivity index (χ0v) is 28.7. The second kappa shape index (κ2) is 11.1. The van der Waals surface area contributed by atoms with Gasteiger partial charge in [-0.15, -0.1) is 11.3 Å². The minimum atomic E-state index is -0.0820. The average Bonchev–Trinajstić information content (AvgIpc) is 3.81. The lowest BCUT2D eigenvalue weighted by molar-refractivity contribution is 0.667. The van der Waals surface area contributed by atoms with Crippen LogP contribution in [0.2, 0.25) is 0 Å². The van der Waals surface area contributed by atoms with E-state index in [0.717, 1.165) is 39.0 Å². The van der Waals surface area contributed by atoms with Gasteiger partial charge in [-0.05, 0) is 92.9 Å². The van der Waals surface area contributed by atoms with E-state index in [0.29, 0.717) is 0 Å². The quantitative estimate of drug-likeness (QED) is 0.183. The molecule has 0 aliphatic heterocycles. The van der Waals surface area contributed by atoms with E-state index in [1.165, 1.54) is 53.9 Å². The molecule has 0 atom stereocenters. The van der Waals surface area contributed by atoms with E-state index < -0.39 is 0 Å². The maximum Gasteiger partial charge on any atom is 0.159 e. The lowest BCUT2D eigenvalue weighted by atomic mass is 9.80. The van der Waals surface area contributed by atoms with Gasteiger partial charge in [0, 0.05) is 37.1 Å². The van der Waals surface area contributed by atoms with Gasteiger partial charge < -0.3 is 9.32 Å². The number of thiophene rings is 1. The summed E-state index contributed by atoms with van der Waals surface area (Å²) in [4.78, 5) is 3.75. The second-order valence-electron chi connectivity index (χ2n) is 13.7. The molecule has 1 aliphatic carbocycles. The SMILES string of the molecule is CC1(C)c2cc(-c3cccc(N(c4ccc(-c5ccccc5)cc4)c4cccc5c4oc4ccccc45)c3)ccc2-c2sc3ccccc3c21. The third-order valence-electron chi connectivity index (χ3n) is 10.5. The van der Waals surface area contributed by atoms with Crippen LogP contribution in [0.5, 0.6) is 0 Å². The molecular weight excluding hydrogens is 627 g/mol. The van der Waals surface area contributed by atoms with E-state index in [-0.39, 0.29) is 5.41 Å². The van der Waals surface area contributed by atoms with Gasteiger partial charge in [0.1, 0.15) is 5.58 Å². The predicted octanol–water partition coefficient (Wildman–Crippen LogP) is 13.9. The number of anilines is 3. The summed E-state index contributed by atoms with van der Waals surface area (Å²) < 4.78 is 7.97. The van der Waals surface area contributed by atoms with Gasteiger partial charge in [0.05, 0.1) is 5.69 Å². The fraction of sp³-hybridized carbons (Fsp3) is 0.0638. The van der Waals surface area contributed by atoms with E-state index in [4.69, 9.17) is 4.42 Å². The van der Waals surface area contributed by atoms with Crippen molar-refractivity contribution in [3.63, 3.8) is 0 Å². The van der Waals surface area contributed by atoms with Crippen LogP contribution in [0, 0.1) is 0 Å². The Balaban J connectivity index is 1.12. The van der Waals surface area contributed by atoms with Crippen LogP contribution in [0.4, 0.5) is 17.1 Å². The van der Waals surface area contributed by atoms with E-state index >= 15 is 0 Å². The van der Waals surface area contributed by atoms with Crippen LogP contribution in [0.15, 0.2) is 168 Å². The Labute approximate surface area is 295 Å². The molecule has 2 heterocycles. The molecule has 9 aromatic rings. The summed E-state index contributed by atoms with van der Waals surface area (Å²) >= 11 is 1.92. The molecule has 10 rings (SSSR count). The van der Waals surface area contributed by atoms with Gasteiger partial charge in [0.15, 0.2) is 5.58 Å². The fourth-order valence-electron chi connectivity index (χ4n) is 8.02. The number of furan rings is 1. The minimum Gasteiger partial charge on any atom is -0.454 e. The Morgan fingerprint density at radius 3 is 2.04 bits per heavy atom. The molecule has 2 nitrogen and oxygen atoms in total. The van der Waals surface area contributed by atoms with Crippen LogP contribution in [0.3, 0.4) is 0 Å². The molecule has 0 bridgehead atoms. The average molecular weight is 660 g/mol. The second-order valence-corrected chi connectivity index (χ2v) is 14.8. The monoisotopic (exact) mass is 659 g/mol. The van der Waals surface area contributed by atoms with Crippen LogP contribution in [-0.2, 0) is 5.41 Å². The summed E-state index contributed by atoms with van der Waals surface area (Å²) in [6.07, 6.45) is 0. The first-order valence-electron chi connectivity index (χ1n) is 17.2. The summed E-state index contributed by atoms with van der Waals surface area (Å²) in [6.45, 7) is 4.76. The summed E-state index contributed by atoms with van der Waals surface area (Å²) in [5.41, 5.74) is 13.9. The van der Waals surface area contributed by atoms with Gasteiger partial charge >= 0.3 is 0 Å². The number of hydrogen-bond acceptors (Lipinski definition) is 3. The molecule has 0 N–H and O–H groups in total. The minimum absolute atomic E-state index is 0.0820. The molecule has 0 radical (unpaired) electrons. The first kappa shape index (κ1) is 29.1. The van der Waals surface area contributed by atoms with Crippen molar-refractivity contribution in [2.45, 2.75) is 19.3 Å². The number of para-hydroxylation sites is 2. The highest BCUT2D eigenvalue weighted by Gasteiger charge is 2.38. The lowest BCUT2D eigenvalue weighted by Crippen LogP contribution is -2.15. The molecule has 1 aliphatic rings. The van der Waals surface area contributed by atoms with Crippen molar-refractivity contribution < 1.29 is 4.42 Å². The van der Waals surface area contributed by atoms with E-state index in [1.807, 2.05) is 17.4 Å². The Morgan fingerprint density at radius 2 is 1.18 bits per heavy atom. The van der Waals surface area contributed by atoms with E-state index in [2.05, 4.69) is 176 Å². The normalized spacial score (nSPS) is 13.2. The van der Waals surface area contributed by atoms with Crippen LogP contribution in [-0.4, -0.2) is 0 Å². The Kier molecular flexibility index (Phi) is 6.43. The van der Waals surface area contributed by atoms with E-state index in [1.54, 1.807) is 0 Å². The smallest absolute Gasteiger partial charge is 0.159 e. The van der Waals surface area contributed by atoms with Crippen LogP contribution >= 0.6 is 11.3 Å². The van der Waals surface area contributed by atoms with Crippen molar-refractivity contribution in [1.82, 2.24) is 0 Å². The van der Waals surface area contributed by atoms with E-state index in [9.17, 15) is 0 Å². The highest BCUT2D eigenvalue weighted by Crippen LogP contribution is 2.56. The highest BCUT2D eigenvalue weighted by molar-refractivity contribution is 7.22. The number of hydrogen-bond donors (Lipinski definition) is 0. The van der Waals surface area contributed by atoms with Gasteiger partial charge in [-0.2, -0.15) is 0 Å². The molecule has 7 aromatic carbocycles. The van der Waals surface area contributed by atoms with Gasteiger partial charge in [-0.3, -0.25) is 0 Å². The number of benzene rings is 7. The maximum atomic E-state index is 6.60. The number of nitrogens with zero attached hydrogens (tertiary/aromatic N) is 1. The first-order chi connectivity index (χ1) is 24.5. The number of fused-ring (bicyclic) bond motifs is 8. The van der Waals surface area contributed by atoms with Gasteiger partial charge in [-0.1, -0.05) is 129 Å². The fourth-order valence-corrected chi connectivity index (χ4v) is 9.42. The molecule has 0 saturated carbocycles.